The number of anilines is 1. The average Bonchev–Trinajstić information content (AvgIpc) is 3.05. The number of halogens is 1. The Morgan fingerprint density at radius 1 is 1.18 bits per heavy atom. The molecule has 1 aliphatic rings. The fourth-order valence-corrected chi connectivity index (χ4v) is 3.65. The number of nitrogens with zero attached hydrogens (tertiary/aromatic N) is 4. The number of aromatic amines is 1. The number of nitrogens with one attached hydrogen (secondary N) is 2. The molecule has 3 heterocycles. The number of hydrogen-bond acceptors (Lipinski definition) is 6. The predicted octanol–water partition coefficient (Wildman–Crippen LogP) is 2.42. The molecular weight excluding hydrogens is 363 g/mol. The molecule has 0 fully saturated rings. The van der Waals surface area contributed by atoms with E-state index in [1.54, 1.807) is 36.0 Å². The molecule has 2 aromatic heterocycles. The summed E-state index contributed by atoms with van der Waals surface area (Å²) in [5, 5.41) is 12.2. The summed E-state index contributed by atoms with van der Waals surface area (Å²) in [6.07, 6.45) is 0.863. The van der Waals surface area contributed by atoms with E-state index in [1.807, 2.05) is 6.07 Å². The van der Waals surface area contributed by atoms with Crippen LogP contribution in [0.1, 0.15) is 29.1 Å². The summed E-state index contributed by atoms with van der Waals surface area (Å²) >= 11 is 0. The summed E-state index contributed by atoms with van der Waals surface area (Å²) in [5.41, 5.74) is 4.61. The minimum absolute atomic E-state index is 0.292. The van der Waals surface area contributed by atoms with Gasteiger partial charge in [0.1, 0.15) is 24.1 Å². The molecule has 2 atom stereocenters. The van der Waals surface area contributed by atoms with Gasteiger partial charge in [-0.1, -0.05) is 18.2 Å². The Balaban J connectivity index is 1.81. The zero-order valence-electron chi connectivity index (χ0n) is 14.8. The molecule has 5 rings (SSSR count). The molecule has 2 aromatic carbocycles. The van der Waals surface area contributed by atoms with Gasteiger partial charge in [0.05, 0.1) is 22.7 Å². The fourth-order valence-electron chi connectivity index (χ4n) is 3.65. The third-order valence-corrected chi connectivity index (χ3v) is 4.96. The monoisotopic (exact) mass is 378 g/mol. The lowest BCUT2D eigenvalue weighted by molar-refractivity contribution is 0.0848. The quantitative estimate of drug-likeness (QED) is 0.556. The van der Waals surface area contributed by atoms with E-state index in [0.717, 1.165) is 5.56 Å². The van der Waals surface area contributed by atoms with Crippen molar-refractivity contribution < 1.29 is 9.23 Å². The van der Waals surface area contributed by atoms with Crippen LogP contribution in [0, 0.1) is 5.82 Å². The molecule has 1 aliphatic heterocycles. The molecule has 0 amide bonds. The van der Waals surface area contributed by atoms with Crippen LogP contribution in [0.3, 0.4) is 0 Å². The molecule has 9 heteroatoms. The second-order valence-corrected chi connectivity index (χ2v) is 6.58. The molecule has 0 bridgehead atoms. The Hall–Kier alpha value is -3.59. The lowest BCUT2D eigenvalue weighted by atomic mass is 9.89. The maximum atomic E-state index is 13.5. The van der Waals surface area contributed by atoms with Gasteiger partial charge in [0.25, 0.3) is 5.56 Å². The van der Waals surface area contributed by atoms with Gasteiger partial charge in [0.15, 0.2) is 0 Å². The van der Waals surface area contributed by atoms with Gasteiger partial charge in [0, 0.05) is 12.4 Å². The standard InChI is InChI=1S/C19H15FN6O2/c1-26-18(21-9-22-26)15-16-14-12(19(27)24-23-16)3-2-4-13(14)25-28-17(15)10-5-7-11(20)8-6-10/h2-9,15,17,25H,1H3,(H,24,27). The van der Waals surface area contributed by atoms with Crippen molar-refractivity contribution in [2.24, 2.45) is 7.05 Å². The van der Waals surface area contributed by atoms with Crippen LogP contribution >= 0.6 is 0 Å². The van der Waals surface area contributed by atoms with Gasteiger partial charge in [-0.3, -0.25) is 19.8 Å². The number of hydrogen-bond donors (Lipinski definition) is 2. The molecule has 8 nitrogen and oxygen atoms in total. The van der Waals surface area contributed by atoms with E-state index in [9.17, 15) is 9.18 Å². The van der Waals surface area contributed by atoms with E-state index < -0.39 is 12.0 Å². The van der Waals surface area contributed by atoms with Crippen molar-refractivity contribution in [2.45, 2.75) is 12.0 Å². The molecule has 2 unspecified atom stereocenters. The van der Waals surface area contributed by atoms with Crippen molar-refractivity contribution >= 4 is 16.5 Å². The Kier molecular flexibility index (Phi) is 3.69. The first kappa shape index (κ1) is 16.6. The van der Waals surface area contributed by atoms with Crippen molar-refractivity contribution in [1.82, 2.24) is 25.0 Å². The minimum atomic E-state index is -0.586. The summed E-state index contributed by atoms with van der Waals surface area (Å²) in [4.78, 5) is 22.7. The largest absolute Gasteiger partial charge is 0.272 e. The normalized spacial score (nSPS) is 18.6. The molecule has 4 aromatic rings. The van der Waals surface area contributed by atoms with Crippen molar-refractivity contribution in [2.75, 3.05) is 5.48 Å². The average molecular weight is 378 g/mol. The van der Waals surface area contributed by atoms with Gasteiger partial charge in [-0.25, -0.2) is 14.5 Å². The number of aromatic nitrogens is 5. The zero-order valence-corrected chi connectivity index (χ0v) is 14.8. The van der Waals surface area contributed by atoms with Crippen molar-refractivity contribution in [3.63, 3.8) is 0 Å². The molecule has 0 radical (unpaired) electrons. The van der Waals surface area contributed by atoms with E-state index in [-0.39, 0.29) is 11.4 Å². The van der Waals surface area contributed by atoms with Crippen LogP contribution in [0.25, 0.3) is 10.8 Å². The maximum absolute atomic E-state index is 13.5. The van der Waals surface area contributed by atoms with Crippen molar-refractivity contribution in [1.29, 1.82) is 0 Å². The Bertz CT molecular complexity index is 1230. The Morgan fingerprint density at radius 2 is 2.00 bits per heavy atom. The van der Waals surface area contributed by atoms with Gasteiger partial charge in [-0.15, -0.1) is 0 Å². The zero-order chi connectivity index (χ0) is 19.3. The molecule has 0 aliphatic carbocycles. The molecule has 0 saturated heterocycles. The highest BCUT2D eigenvalue weighted by Crippen LogP contribution is 2.43. The van der Waals surface area contributed by atoms with E-state index >= 15 is 0 Å². The molecule has 28 heavy (non-hydrogen) atoms. The molecule has 140 valence electrons. The summed E-state index contributed by atoms with van der Waals surface area (Å²) in [7, 11) is 1.77. The minimum Gasteiger partial charge on any atom is -0.267 e. The summed E-state index contributed by atoms with van der Waals surface area (Å²) < 4.78 is 15.1. The van der Waals surface area contributed by atoms with Crippen LogP contribution in [-0.2, 0) is 11.9 Å². The Morgan fingerprint density at radius 3 is 2.75 bits per heavy atom. The molecular formula is C19H15FN6O2. The SMILES string of the molecule is Cn1ncnc1C1c2n[nH]c(=O)c3cccc(c23)NOC1c1ccc(F)cc1. The van der Waals surface area contributed by atoms with Gasteiger partial charge in [-0.05, 0) is 29.8 Å². The third-order valence-electron chi connectivity index (χ3n) is 4.96. The summed E-state index contributed by atoms with van der Waals surface area (Å²) in [6, 6.07) is 11.4. The molecule has 0 saturated carbocycles. The van der Waals surface area contributed by atoms with E-state index in [1.165, 1.54) is 18.5 Å². The predicted molar refractivity (Wildman–Crippen MR) is 99.1 cm³/mol. The summed E-state index contributed by atoms with van der Waals surface area (Å²) in [6.45, 7) is 0. The van der Waals surface area contributed by atoms with Crippen LogP contribution in [0.2, 0.25) is 0 Å². The fraction of sp³-hybridized carbons (Fsp3) is 0.158. The van der Waals surface area contributed by atoms with Crippen molar-refractivity contribution in [3.8, 4) is 0 Å². The first-order valence-corrected chi connectivity index (χ1v) is 8.66. The number of H-pyrrole nitrogens is 1. The first-order valence-electron chi connectivity index (χ1n) is 8.66. The smallest absolute Gasteiger partial charge is 0.267 e. The second-order valence-electron chi connectivity index (χ2n) is 6.58. The lowest BCUT2D eigenvalue weighted by Gasteiger charge is -2.24. The van der Waals surface area contributed by atoms with Gasteiger partial charge >= 0.3 is 0 Å². The van der Waals surface area contributed by atoms with Gasteiger partial charge in [0.2, 0.25) is 0 Å². The van der Waals surface area contributed by atoms with Crippen LogP contribution in [0.5, 0.6) is 0 Å². The van der Waals surface area contributed by atoms with Crippen LogP contribution in [0.15, 0.2) is 53.6 Å². The topological polar surface area (TPSA) is 97.7 Å². The number of benzene rings is 2. The highest BCUT2D eigenvalue weighted by Gasteiger charge is 2.37. The number of rotatable bonds is 2. The van der Waals surface area contributed by atoms with Crippen LogP contribution in [-0.4, -0.2) is 25.0 Å². The summed E-state index contributed by atoms with van der Waals surface area (Å²) in [5.74, 6) is -0.226. The van der Waals surface area contributed by atoms with Gasteiger partial charge in [-0.2, -0.15) is 10.2 Å². The van der Waals surface area contributed by atoms with Gasteiger partial charge < -0.3 is 0 Å². The van der Waals surface area contributed by atoms with E-state index in [0.29, 0.717) is 28.0 Å². The first-order chi connectivity index (χ1) is 13.6. The molecule has 0 spiro atoms. The van der Waals surface area contributed by atoms with Crippen LogP contribution < -0.4 is 11.0 Å². The van der Waals surface area contributed by atoms with E-state index in [4.69, 9.17) is 4.84 Å². The van der Waals surface area contributed by atoms with Crippen LogP contribution in [0.4, 0.5) is 10.1 Å². The van der Waals surface area contributed by atoms with E-state index in [2.05, 4.69) is 25.8 Å². The lowest BCUT2D eigenvalue weighted by Crippen LogP contribution is -2.22. The highest BCUT2D eigenvalue weighted by molar-refractivity contribution is 5.95. The van der Waals surface area contributed by atoms with Crippen molar-refractivity contribution in [3.05, 3.63) is 82.0 Å². The third kappa shape index (κ3) is 2.48. The number of aryl methyl sites for hydroxylation is 1. The maximum Gasteiger partial charge on any atom is 0.272 e. The molecule has 2 N–H and O–H groups in total. The Labute approximate surface area is 157 Å². The second kappa shape index (κ2) is 6.24. The highest BCUT2D eigenvalue weighted by atomic mass is 19.1.